The molecule has 0 spiro atoms. The molecule has 0 saturated carbocycles. The quantitative estimate of drug-likeness (QED) is 0.715. The molecule has 0 aliphatic carbocycles. The van der Waals surface area contributed by atoms with Crippen molar-refractivity contribution in [2.45, 2.75) is 6.10 Å². The van der Waals surface area contributed by atoms with E-state index in [9.17, 15) is 5.11 Å². The van der Waals surface area contributed by atoms with E-state index in [1.165, 1.54) is 6.33 Å². The van der Waals surface area contributed by atoms with Crippen LogP contribution in [0, 0.1) is 0 Å². The molecule has 3 N–H and O–H groups in total. The molecule has 1 aromatic carbocycles. The average Bonchev–Trinajstić information content (AvgIpc) is 2.30. The minimum absolute atomic E-state index is 0.564. The molecule has 1 heterocycles. The van der Waals surface area contributed by atoms with Gasteiger partial charge in [-0.1, -0.05) is 18.2 Å². The number of benzene rings is 1. The third-order valence-corrected chi connectivity index (χ3v) is 2.19. The third kappa shape index (κ3) is 1.94. The van der Waals surface area contributed by atoms with Crippen LogP contribution < -0.4 is 5.73 Å². The first-order valence-corrected chi connectivity index (χ1v) is 4.56. The van der Waals surface area contributed by atoms with Gasteiger partial charge < -0.3 is 10.8 Å². The SMILES string of the molecule is Nc1ccccc1C(O)c1cncnc1. The van der Waals surface area contributed by atoms with Crippen LogP contribution in [-0.2, 0) is 0 Å². The Balaban J connectivity index is 2.37. The fourth-order valence-electron chi connectivity index (χ4n) is 1.39. The second kappa shape index (κ2) is 4.06. The van der Waals surface area contributed by atoms with Crippen molar-refractivity contribution in [2.75, 3.05) is 5.73 Å². The van der Waals surface area contributed by atoms with Crippen molar-refractivity contribution in [1.29, 1.82) is 0 Å². The van der Waals surface area contributed by atoms with E-state index in [-0.39, 0.29) is 0 Å². The summed E-state index contributed by atoms with van der Waals surface area (Å²) >= 11 is 0. The summed E-state index contributed by atoms with van der Waals surface area (Å²) in [4.78, 5) is 7.70. The number of aliphatic hydroxyl groups excluding tert-OH is 1. The van der Waals surface area contributed by atoms with E-state index < -0.39 is 6.10 Å². The van der Waals surface area contributed by atoms with Gasteiger partial charge in [0.05, 0.1) is 0 Å². The lowest BCUT2D eigenvalue weighted by molar-refractivity contribution is 0.220. The van der Waals surface area contributed by atoms with Crippen molar-refractivity contribution in [3.63, 3.8) is 0 Å². The first kappa shape index (κ1) is 9.61. The van der Waals surface area contributed by atoms with Gasteiger partial charge in [0, 0.05) is 29.2 Å². The lowest BCUT2D eigenvalue weighted by atomic mass is 10.0. The van der Waals surface area contributed by atoms with E-state index in [1.54, 1.807) is 24.5 Å². The Hall–Kier alpha value is -1.94. The van der Waals surface area contributed by atoms with E-state index in [4.69, 9.17) is 5.73 Å². The molecule has 1 unspecified atom stereocenters. The minimum atomic E-state index is -0.771. The number of nitrogens with zero attached hydrogens (tertiary/aromatic N) is 2. The molecule has 0 radical (unpaired) electrons. The zero-order chi connectivity index (χ0) is 10.7. The maximum Gasteiger partial charge on any atom is 0.115 e. The van der Waals surface area contributed by atoms with E-state index in [0.717, 1.165) is 0 Å². The van der Waals surface area contributed by atoms with E-state index >= 15 is 0 Å². The van der Waals surface area contributed by atoms with Crippen molar-refractivity contribution in [2.24, 2.45) is 0 Å². The topological polar surface area (TPSA) is 72.0 Å². The van der Waals surface area contributed by atoms with Gasteiger partial charge in [0.2, 0.25) is 0 Å². The highest BCUT2D eigenvalue weighted by Crippen LogP contribution is 2.24. The van der Waals surface area contributed by atoms with Gasteiger partial charge in [-0.25, -0.2) is 9.97 Å². The van der Waals surface area contributed by atoms with Gasteiger partial charge in [0.15, 0.2) is 0 Å². The van der Waals surface area contributed by atoms with Crippen LogP contribution in [0.1, 0.15) is 17.2 Å². The van der Waals surface area contributed by atoms with Crippen LogP contribution in [0.4, 0.5) is 5.69 Å². The van der Waals surface area contributed by atoms with Gasteiger partial charge in [0.1, 0.15) is 12.4 Å². The summed E-state index contributed by atoms with van der Waals surface area (Å²) < 4.78 is 0. The maximum atomic E-state index is 10.0. The number of aromatic nitrogens is 2. The lowest BCUT2D eigenvalue weighted by Gasteiger charge is -2.12. The Morgan fingerprint density at radius 3 is 2.47 bits per heavy atom. The Morgan fingerprint density at radius 1 is 1.13 bits per heavy atom. The van der Waals surface area contributed by atoms with E-state index in [0.29, 0.717) is 16.8 Å². The Bertz CT molecular complexity index is 445. The Labute approximate surface area is 87.4 Å². The summed E-state index contributed by atoms with van der Waals surface area (Å²) in [7, 11) is 0. The van der Waals surface area contributed by atoms with Crippen molar-refractivity contribution in [3.8, 4) is 0 Å². The first-order chi connectivity index (χ1) is 7.29. The number of aliphatic hydroxyl groups is 1. The van der Waals surface area contributed by atoms with E-state index in [1.807, 2.05) is 12.1 Å². The van der Waals surface area contributed by atoms with Crippen LogP contribution in [-0.4, -0.2) is 15.1 Å². The van der Waals surface area contributed by atoms with Crippen LogP contribution in [0.3, 0.4) is 0 Å². The normalized spacial score (nSPS) is 12.3. The second-order valence-corrected chi connectivity index (χ2v) is 3.20. The van der Waals surface area contributed by atoms with Crippen molar-refractivity contribution in [3.05, 3.63) is 54.1 Å². The monoisotopic (exact) mass is 201 g/mol. The average molecular weight is 201 g/mol. The molecule has 4 heteroatoms. The molecule has 1 atom stereocenters. The molecule has 2 rings (SSSR count). The molecule has 4 nitrogen and oxygen atoms in total. The molecule has 76 valence electrons. The number of rotatable bonds is 2. The van der Waals surface area contributed by atoms with Gasteiger partial charge in [-0.15, -0.1) is 0 Å². The van der Waals surface area contributed by atoms with Gasteiger partial charge >= 0.3 is 0 Å². The predicted octanol–water partition coefficient (Wildman–Crippen LogP) is 1.14. The summed E-state index contributed by atoms with van der Waals surface area (Å²) in [5.74, 6) is 0. The second-order valence-electron chi connectivity index (χ2n) is 3.20. The highest BCUT2D eigenvalue weighted by atomic mass is 16.3. The van der Waals surface area contributed by atoms with Gasteiger partial charge in [-0.3, -0.25) is 0 Å². The molecule has 0 amide bonds. The smallest absolute Gasteiger partial charge is 0.115 e. The van der Waals surface area contributed by atoms with Crippen LogP contribution >= 0.6 is 0 Å². The summed E-state index contributed by atoms with van der Waals surface area (Å²) in [5, 5.41) is 10.0. The number of nitrogen functional groups attached to an aromatic ring is 1. The summed E-state index contributed by atoms with van der Waals surface area (Å²) in [6, 6.07) is 7.20. The molecule has 2 aromatic rings. The number of nitrogens with two attached hydrogens (primary N) is 1. The van der Waals surface area contributed by atoms with Crippen molar-refractivity contribution < 1.29 is 5.11 Å². The molecular formula is C11H11N3O. The molecule has 0 bridgehead atoms. The molecule has 0 fully saturated rings. The number of anilines is 1. The molecule has 0 aliphatic heterocycles. The zero-order valence-corrected chi connectivity index (χ0v) is 8.04. The Kier molecular flexibility index (Phi) is 2.60. The van der Waals surface area contributed by atoms with Crippen molar-refractivity contribution >= 4 is 5.69 Å². The zero-order valence-electron chi connectivity index (χ0n) is 8.04. The van der Waals surface area contributed by atoms with Crippen LogP contribution in [0.25, 0.3) is 0 Å². The van der Waals surface area contributed by atoms with Gasteiger partial charge in [-0.2, -0.15) is 0 Å². The number of para-hydroxylation sites is 1. The van der Waals surface area contributed by atoms with E-state index in [2.05, 4.69) is 9.97 Å². The largest absolute Gasteiger partial charge is 0.398 e. The lowest BCUT2D eigenvalue weighted by Crippen LogP contribution is -2.04. The third-order valence-electron chi connectivity index (χ3n) is 2.19. The van der Waals surface area contributed by atoms with Crippen LogP contribution in [0.2, 0.25) is 0 Å². The molecule has 15 heavy (non-hydrogen) atoms. The number of hydrogen-bond donors (Lipinski definition) is 2. The standard InChI is InChI=1S/C11H11N3O/c12-10-4-2-1-3-9(10)11(15)8-5-13-7-14-6-8/h1-7,11,15H,12H2. The Morgan fingerprint density at radius 2 is 1.80 bits per heavy atom. The fourth-order valence-corrected chi connectivity index (χ4v) is 1.39. The highest BCUT2D eigenvalue weighted by molar-refractivity contribution is 5.49. The molecular weight excluding hydrogens is 190 g/mol. The predicted molar refractivity (Wildman–Crippen MR) is 56.9 cm³/mol. The maximum absolute atomic E-state index is 10.0. The summed E-state index contributed by atoms with van der Waals surface area (Å²) in [5.41, 5.74) is 7.63. The molecule has 1 aromatic heterocycles. The minimum Gasteiger partial charge on any atom is -0.398 e. The highest BCUT2D eigenvalue weighted by Gasteiger charge is 2.12. The fraction of sp³-hybridized carbons (Fsp3) is 0.0909. The summed E-state index contributed by atoms with van der Waals surface area (Å²) in [6.07, 6.45) is 3.80. The summed E-state index contributed by atoms with van der Waals surface area (Å²) in [6.45, 7) is 0. The van der Waals surface area contributed by atoms with Crippen LogP contribution in [0.5, 0.6) is 0 Å². The van der Waals surface area contributed by atoms with Gasteiger partial charge in [-0.05, 0) is 6.07 Å². The van der Waals surface area contributed by atoms with Crippen molar-refractivity contribution in [1.82, 2.24) is 9.97 Å². The van der Waals surface area contributed by atoms with Gasteiger partial charge in [0.25, 0.3) is 0 Å². The molecule has 0 saturated heterocycles. The first-order valence-electron chi connectivity index (χ1n) is 4.56. The number of hydrogen-bond acceptors (Lipinski definition) is 4. The van der Waals surface area contributed by atoms with Crippen LogP contribution in [0.15, 0.2) is 43.0 Å². The molecule has 0 aliphatic rings.